The first-order chi connectivity index (χ1) is 14.2. The Bertz CT molecular complexity index is 1190. The van der Waals surface area contributed by atoms with E-state index >= 15 is 0 Å². The molecule has 0 radical (unpaired) electrons. The van der Waals surface area contributed by atoms with Gasteiger partial charge >= 0.3 is 0 Å². The maximum atomic E-state index is 13.1. The number of carbonyl (C=O) groups is 1. The molecule has 5 rings (SSSR count). The van der Waals surface area contributed by atoms with Crippen molar-refractivity contribution < 1.29 is 4.79 Å². The number of likely N-dealkylation sites (tertiary alicyclic amines) is 1. The zero-order valence-electron chi connectivity index (χ0n) is 15.5. The third-order valence-electron chi connectivity index (χ3n) is 5.23. The van der Waals surface area contributed by atoms with Gasteiger partial charge in [0.2, 0.25) is 5.91 Å². The number of carbonyl (C=O) groups excluding carboxylic acids is 1. The zero-order chi connectivity index (χ0) is 19.8. The van der Waals surface area contributed by atoms with Crippen molar-refractivity contribution in [3.63, 3.8) is 0 Å². The van der Waals surface area contributed by atoms with E-state index in [9.17, 15) is 9.59 Å². The maximum absolute atomic E-state index is 13.1. The third kappa shape index (κ3) is 3.54. The summed E-state index contributed by atoms with van der Waals surface area (Å²) in [5.74, 6) is 0.245. The Balaban J connectivity index is 1.40. The van der Waals surface area contributed by atoms with E-state index in [1.54, 1.807) is 22.7 Å². The number of fused-ring (bicyclic) bond motifs is 1. The number of thiophene rings is 2. The second-order valence-electron chi connectivity index (χ2n) is 7.03. The van der Waals surface area contributed by atoms with E-state index < -0.39 is 0 Å². The molecule has 0 aromatic carbocycles. The topological polar surface area (TPSA) is 68.1 Å². The Morgan fingerprint density at radius 1 is 1.21 bits per heavy atom. The lowest BCUT2D eigenvalue weighted by Crippen LogP contribution is -2.42. The first-order valence-corrected chi connectivity index (χ1v) is 12.0. The molecule has 1 saturated heterocycles. The average Bonchev–Trinajstić information content (AvgIpc) is 3.51. The molecule has 1 amide bonds. The highest BCUT2D eigenvalue weighted by Gasteiger charge is 2.26. The van der Waals surface area contributed by atoms with Crippen LogP contribution in [0.15, 0.2) is 45.6 Å². The normalized spacial score (nSPS) is 17.1. The monoisotopic (exact) mass is 442 g/mol. The minimum Gasteiger partial charge on any atom is -0.340 e. The third-order valence-corrected chi connectivity index (χ3v) is 7.96. The molecule has 0 spiro atoms. The van der Waals surface area contributed by atoms with E-state index in [4.69, 9.17) is 0 Å². The summed E-state index contributed by atoms with van der Waals surface area (Å²) in [6.45, 7) is 1.41. The highest BCUT2D eigenvalue weighted by molar-refractivity contribution is 7.18. The molecule has 4 aromatic heterocycles. The largest absolute Gasteiger partial charge is 0.340 e. The quantitative estimate of drug-likeness (QED) is 0.478. The van der Waals surface area contributed by atoms with Gasteiger partial charge in [0, 0.05) is 46.4 Å². The van der Waals surface area contributed by atoms with Crippen molar-refractivity contribution in [3.05, 3.63) is 56.2 Å². The highest BCUT2D eigenvalue weighted by atomic mass is 32.1. The summed E-state index contributed by atoms with van der Waals surface area (Å²) in [5.41, 5.74) is 0.752. The number of aromatic nitrogens is 3. The van der Waals surface area contributed by atoms with Gasteiger partial charge in [0.1, 0.15) is 11.4 Å². The highest BCUT2D eigenvalue weighted by Crippen LogP contribution is 2.33. The lowest BCUT2D eigenvalue weighted by molar-refractivity contribution is -0.133. The van der Waals surface area contributed by atoms with E-state index in [-0.39, 0.29) is 23.9 Å². The van der Waals surface area contributed by atoms with Gasteiger partial charge in [-0.1, -0.05) is 6.07 Å². The predicted octanol–water partition coefficient (Wildman–Crippen LogP) is 4.05. The molecule has 9 heteroatoms. The number of rotatable bonds is 4. The maximum Gasteiger partial charge on any atom is 0.263 e. The number of hydrogen-bond acceptors (Lipinski definition) is 7. The van der Waals surface area contributed by atoms with E-state index in [2.05, 4.69) is 9.97 Å². The molecule has 1 atom stereocenters. The minimum atomic E-state index is -0.151. The molecule has 0 bridgehead atoms. The van der Waals surface area contributed by atoms with Crippen molar-refractivity contribution in [3.8, 4) is 10.4 Å². The van der Waals surface area contributed by atoms with Crippen LogP contribution in [0, 0.1) is 0 Å². The van der Waals surface area contributed by atoms with Gasteiger partial charge in [-0.25, -0.2) is 9.97 Å². The molecular weight excluding hydrogens is 424 g/mol. The van der Waals surface area contributed by atoms with E-state index in [1.807, 2.05) is 39.4 Å². The summed E-state index contributed by atoms with van der Waals surface area (Å²) >= 11 is 4.70. The standard InChI is InChI=1S/C20H18N4O2S3/c25-16(23-6-1-3-13(9-23)18-21-5-8-28-18)10-24-12-22-19-17(20(24)26)14(11-29-19)15-4-2-7-27-15/h2,4-5,7-8,11-13H,1,3,6,9-10H2. The van der Waals surface area contributed by atoms with Gasteiger partial charge in [0.15, 0.2) is 0 Å². The average molecular weight is 443 g/mol. The Morgan fingerprint density at radius 3 is 2.93 bits per heavy atom. The van der Waals surface area contributed by atoms with Crippen molar-refractivity contribution in [1.29, 1.82) is 0 Å². The molecule has 29 heavy (non-hydrogen) atoms. The minimum absolute atomic E-state index is 0.0199. The second kappa shape index (κ2) is 7.81. The molecule has 1 fully saturated rings. The number of thiazole rings is 1. The van der Waals surface area contributed by atoms with Crippen LogP contribution >= 0.6 is 34.0 Å². The lowest BCUT2D eigenvalue weighted by Gasteiger charge is -2.32. The van der Waals surface area contributed by atoms with Crippen molar-refractivity contribution in [2.75, 3.05) is 13.1 Å². The van der Waals surface area contributed by atoms with Crippen molar-refractivity contribution in [2.24, 2.45) is 0 Å². The summed E-state index contributed by atoms with van der Waals surface area (Å²) in [4.78, 5) is 38.5. The Hall–Kier alpha value is -2.36. The van der Waals surface area contributed by atoms with E-state index in [1.165, 1.54) is 22.2 Å². The van der Waals surface area contributed by atoms with Crippen LogP contribution in [0.4, 0.5) is 0 Å². The zero-order valence-corrected chi connectivity index (χ0v) is 17.9. The van der Waals surface area contributed by atoms with Crippen molar-refractivity contribution in [1.82, 2.24) is 19.4 Å². The first kappa shape index (κ1) is 18.7. The summed E-state index contributed by atoms with van der Waals surface area (Å²) in [7, 11) is 0. The van der Waals surface area contributed by atoms with E-state index in [0.717, 1.165) is 34.8 Å². The fraction of sp³-hybridized carbons (Fsp3) is 0.300. The van der Waals surface area contributed by atoms with Gasteiger partial charge in [-0.15, -0.1) is 34.0 Å². The van der Waals surface area contributed by atoms with Crippen molar-refractivity contribution in [2.45, 2.75) is 25.3 Å². The first-order valence-electron chi connectivity index (χ1n) is 9.38. The lowest BCUT2D eigenvalue weighted by atomic mass is 9.99. The SMILES string of the molecule is O=C(Cn1cnc2scc(-c3cccs3)c2c1=O)N1CCCC(c2nccs2)C1. The number of piperidine rings is 1. The van der Waals surface area contributed by atoms with Crippen LogP contribution in [0.1, 0.15) is 23.8 Å². The van der Waals surface area contributed by atoms with Crippen LogP contribution in [-0.2, 0) is 11.3 Å². The summed E-state index contributed by atoms with van der Waals surface area (Å²) < 4.78 is 1.45. The molecule has 148 valence electrons. The summed E-state index contributed by atoms with van der Waals surface area (Å²) in [6.07, 6.45) is 5.31. The fourth-order valence-corrected chi connectivity index (χ4v) is 6.27. The van der Waals surface area contributed by atoms with Gasteiger partial charge in [-0.05, 0) is 24.3 Å². The predicted molar refractivity (Wildman–Crippen MR) is 118 cm³/mol. The molecule has 1 aliphatic rings. The number of amides is 1. The molecule has 0 aliphatic carbocycles. The van der Waals surface area contributed by atoms with Gasteiger partial charge in [-0.2, -0.15) is 0 Å². The molecule has 6 nitrogen and oxygen atoms in total. The Labute approximate surface area is 179 Å². The van der Waals surface area contributed by atoms with Gasteiger partial charge < -0.3 is 4.90 Å². The molecule has 1 unspecified atom stereocenters. The van der Waals surface area contributed by atoms with Crippen LogP contribution in [0.2, 0.25) is 0 Å². The molecule has 0 N–H and O–H groups in total. The van der Waals surface area contributed by atoms with Crippen LogP contribution in [0.25, 0.3) is 20.7 Å². The number of nitrogens with zero attached hydrogens (tertiary/aromatic N) is 4. The molecule has 1 aliphatic heterocycles. The molecular formula is C20H18N4O2S3. The smallest absolute Gasteiger partial charge is 0.263 e. The van der Waals surface area contributed by atoms with Gasteiger partial charge in [0.25, 0.3) is 5.56 Å². The fourth-order valence-electron chi connectivity index (χ4n) is 3.78. The van der Waals surface area contributed by atoms with Crippen LogP contribution in [0.3, 0.4) is 0 Å². The Morgan fingerprint density at radius 2 is 2.14 bits per heavy atom. The van der Waals surface area contributed by atoms with Gasteiger partial charge in [-0.3, -0.25) is 14.2 Å². The summed E-state index contributed by atoms with van der Waals surface area (Å²) in [6, 6.07) is 3.97. The molecule has 5 heterocycles. The van der Waals surface area contributed by atoms with Crippen LogP contribution < -0.4 is 5.56 Å². The molecule has 4 aromatic rings. The van der Waals surface area contributed by atoms with Crippen LogP contribution in [0.5, 0.6) is 0 Å². The Kier molecular flexibility index (Phi) is 5.03. The van der Waals surface area contributed by atoms with E-state index in [0.29, 0.717) is 16.8 Å². The number of hydrogen-bond donors (Lipinski definition) is 0. The van der Waals surface area contributed by atoms with Crippen LogP contribution in [-0.4, -0.2) is 38.4 Å². The summed E-state index contributed by atoms with van der Waals surface area (Å²) in [5, 5.41) is 7.63. The van der Waals surface area contributed by atoms with Gasteiger partial charge in [0.05, 0.1) is 16.7 Å². The second-order valence-corrected chi connectivity index (χ2v) is 9.77. The molecule has 0 saturated carbocycles. The van der Waals surface area contributed by atoms with Crippen molar-refractivity contribution >= 4 is 50.1 Å².